The van der Waals surface area contributed by atoms with Crippen LogP contribution in [0.1, 0.15) is 0 Å². The van der Waals surface area contributed by atoms with E-state index in [-0.39, 0.29) is 11.3 Å². The van der Waals surface area contributed by atoms with Gasteiger partial charge in [0.05, 0.1) is 0 Å². The second-order valence-corrected chi connectivity index (χ2v) is 2.07. The van der Waals surface area contributed by atoms with Gasteiger partial charge in [0, 0.05) is 11.8 Å². The molecular weight excluding hydrogens is 143 g/mol. The summed E-state index contributed by atoms with van der Waals surface area (Å²) >= 11 is 0. The highest BCUT2D eigenvalue weighted by atomic mass is 16.1. The number of nitrogens with one attached hydrogen (secondary N) is 2. The maximum Gasteiger partial charge on any atom is 0.326 e. The van der Waals surface area contributed by atoms with Crippen LogP contribution >= 0.6 is 0 Å². The summed E-state index contributed by atoms with van der Waals surface area (Å²) in [5.74, 6) is 0. The first kappa shape index (κ1) is 6.15. The van der Waals surface area contributed by atoms with Crippen LogP contribution < -0.4 is 11.3 Å². The summed E-state index contributed by atoms with van der Waals surface area (Å²) in [6.45, 7) is 0. The Labute approximate surface area is 62.3 Å². The smallest absolute Gasteiger partial charge is 0.289 e. The number of H-pyrrole nitrogens is 2. The van der Waals surface area contributed by atoms with Crippen LogP contribution in [0, 0.1) is 0 Å². The molecule has 0 bridgehead atoms. The second-order valence-electron chi connectivity index (χ2n) is 2.07. The van der Waals surface area contributed by atoms with E-state index >= 15 is 0 Å². The van der Waals surface area contributed by atoms with E-state index in [0.717, 1.165) is 0 Å². The molecule has 0 unspecified atom stereocenters. The van der Waals surface area contributed by atoms with E-state index in [1.54, 1.807) is 0 Å². The van der Waals surface area contributed by atoms with Crippen LogP contribution in [0.2, 0.25) is 0 Å². The number of aromatic nitrogens is 4. The third kappa shape index (κ3) is 0.919. The Balaban J connectivity index is 2.92. The molecule has 2 rings (SSSR count). The standard InChI is InChI=1S/C5H3BN4O/c6-2-1-7-3-4(8-2)10-5(11)9-3/h1H,(H2,7,8,9,10,11). The lowest BCUT2D eigenvalue weighted by Gasteiger charge is -1.88. The van der Waals surface area contributed by atoms with E-state index in [2.05, 4.69) is 19.9 Å². The molecule has 2 aromatic rings. The molecule has 0 amide bonds. The summed E-state index contributed by atoms with van der Waals surface area (Å²) in [4.78, 5) is 23.2. The fraction of sp³-hybridized carbons (Fsp3) is 0. The van der Waals surface area contributed by atoms with Gasteiger partial charge >= 0.3 is 5.69 Å². The number of nitrogens with zero attached hydrogens (tertiary/aromatic N) is 2. The molecular formula is C5H3BN4O. The summed E-state index contributed by atoms with van der Waals surface area (Å²) in [6.07, 6.45) is 1.38. The van der Waals surface area contributed by atoms with Crippen molar-refractivity contribution in [3.05, 3.63) is 16.7 Å². The summed E-state index contributed by atoms with van der Waals surface area (Å²) in [5, 5.41) is 0. The Morgan fingerprint density at radius 1 is 1.36 bits per heavy atom. The van der Waals surface area contributed by atoms with Crippen molar-refractivity contribution < 1.29 is 0 Å². The first-order valence-corrected chi connectivity index (χ1v) is 2.96. The topological polar surface area (TPSA) is 74.4 Å². The zero-order chi connectivity index (χ0) is 7.84. The predicted octanol–water partition coefficient (Wildman–Crippen LogP) is -1.56. The van der Waals surface area contributed by atoms with E-state index in [0.29, 0.717) is 11.3 Å². The van der Waals surface area contributed by atoms with Gasteiger partial charge in [-0.05, 0) is 0 Å². The molecule has 0 aliphatic heterocycles. The van der Waals surface area contributed by atoms with Gasteiger partial charge < -0.3 is 0 Å². The summed E-state index contributed by atoms with van der Waals surface area (Å²) < 4.78 is 0. The molecule has 5 nitrogen and oxygen atoms in total. The third-order valence-electron chi connectivity index (χ3n) is 1.25. The van der Waals surface area contributed by atoms with E-state index in [1.165, 1.54) is 6.20 Å². The van der Waals surface area contributed by atoms with Gasteiger partial charge in [-0.1, -0.05) is 0 Å². The molecule has 11 heavy (non-hydrogen) atoms. The zero-order valence-electron chi connectivity index (χ0n) is 5.46. The first-order chi connectivity index (χ1) is 5.25. The summed E-state index contributed by atoms with van der Waals surface area (Å²) in [6, 6.07) is 0. The monoisotopic (exact) mass is 146 g/mol. The van der Waals surface area contributed by atoms with Crippen LogP contribution in [-0.4, -0.2) is 27.8 Å². The number of fused-ring (bicyclic) bond motifs is 1. The molecule has 2 heterocycles. The van der Waals surface area contributed by atoms with Gasteiger partial charge in [0.15, 0.2) is 11.3 Å². The van der Waals surface area contributed by atoms with Crippen LogP contribution in [-0.2, 0) is 0 Å². The van der Waals surface area contributed by atoms with Crippen LogP contribution in [0.25, 0.3) is 11.3 Å². The van der Waals surface area contributed by atoms with Gasteiger partial charge in [0.2, 0.25) is 0 Å². The first-order valence-electron chi connectivity index (χ1n) is 2.96. The SMILES string of the molecule is [B]c1cnc2[nH]c(=O)[nH]c2n1. The van der Waals surface area contributed by atoms with Crippen LogP contribution in [0.3, 0.4) is 0 Å². The average Bonchev–Trinajstić information content (AvgIpc) is 2.27. The van der Waals surface area contributed by atoms with Crippen LogP contribution in [0.5, 0.6) is 0 Å². The fourth-order valence-corrected chi connectivity index (χ4v) is 0.828. The van der Waals surface area contributed by atoms with Crippen molar-refractivity contribution in [1.29, 1.82) is 0 Å². The molecule has 0 aromatic carbocycles. The number of rotatable bonds is 0. The van der Waals surface area contributed by atoms with Crippen molar-refractivity contribution in [2.24, 2.45) is 0 Å². The largest absolute Gasteiger partial charge is 0.326 e. The minimum absolute atomic E-state index is 0.285. The van der Waals surface area contributed by atoms with Gasteiger partial charge in [-0.15, -0.1) is 0 Å². The molecule has 0 saturated heterocycles. The van der Waals surface area contributed by atoms with Gasteiger partial charge in [-0.2, -0.15) is 0 Å². The number of hydrogen-bond donors (Lipinski definition) is 2. The van der Waals surface area contributed by atoms with Gasteiger partial charge in [-0.3, -0.25) is 9.97 Å². The lowest BCUT2D eigenvalue weighted by Crippen LogP contribution is -2.08. The van der Waals surface area contributed by atoms with Crippen molar-refractivity contribution in [3.8, 4) is 0 Å². The molecule has 2 aromatic heterocycles. The van der Waals surface area contributed by atoms with Gasteiger partial charge in [0.1, 0.15) is 7.85 Å². The van der Waals surface area contributed by atoms with E-state index < -0.39 is 0 Å². The van der Waals surface area contributed by atoms with E-state index in [9.17, 15) is 4.79 Å². The quantitative estimate of drug-likeness (QED) is 0.441. The maximum atomic E-state index is 10.7. The number of imidazole rings is 1. The lowest BCUT2D eigenvalue weighted by molar-refractivity contribution is 1.20. The van der Waals surface area contributed by atoms with Crippen molar-refractivity contribution in [3.63, 3.8) is 0 Å². The van der Waals surface area contributed by atoms with Crippen molar-refractivity contribution >= 4 is 24.7 Å². The summed E-state index contributed by atoms with van der Waals surface area (Å²) in [7, 11) is 5.32. The van der Waals surface area contributed by atoms with Crippen LogP contribution in [0.4, 0.5) is 0 Å². The minimum Gasteiger partial charge on any atom is -0.289 e. The van der Waals surface area contributed by atoms with E-state index in [1.807, 2.05) is 0 Å². The molecule has 0 aliphatic carbocycles. The molecule has 0 atom stereocenters. The van der Waals surface area contributed by atoms with Crippen molar-refractivity contribution in [2.75, 3.05) is 0 Å². The second kappa shape index (κ2) is 1.95. The molecule has 2 radical (unpaired) electrons. The Morgan fingerprint density at radius 3 is 2.91 bits per heavy atom. The number of hydrogen-bond acceptors (Lipinski definition) is 3. The molecule has 52 valence electrons. The Morgan fingerprint density at radius 2 is 2.09 bits per heavy atom. The van der Waals surface area contributed by atoms with Gasteiger partial charge in [0.25, 0.3) is 0 Å². The lowest BCUT2D eigenvalue weighted by atomic mass is 10.1. The Bertz CT molecular complexity index is 445. The molecule has 0 aliphatic rings. The van der Waals surface area contributed by atoms with Crippen molar-refractivity contribution in [1.82, 2.24) is 19.9 Å². The van der Waals surface area contributed by atoms with Gasteiger partial charge in [-0.25, -0.2) is 14.8 Å². The highest BCUT2D eigenvalue weighted by Gasteiger charge is 1.98. The molecule has 6 heteroatoms. The third-order valence-corrected chi connectivity index (χ3v) is 1.25. The minimum atomic E-state index is -0.328. The number of aromatic amines is 2. The normalized spacial score (nSPS) is 10.5. The van der Waals surface area contributed by atoms with E-state index in [4.69, 9.17) is 7.85 Å². The molecule has 0 saturated carbocycles. The Kier molecular flexibility index (Phi) is 1.09. The average molecular weight is 146 g/mol. The highest BCUT2D eigenvalue weighted by molar-refractivity contribution is 6.30. The fourth-order valence-electron chi connectivity index (χ4n) is 0.828. The Hall–Kier alpha value is -1.59. The predicted molar refractivity (Wildman–Crippen MR) is 39.9 cm³/mol. The summed E-state index contributed by atoms with van der Waals surface area (Å²) in [5.41, 5.74) is 0.762. The molecule has 2 N–H and O–H groups in total. The molecule has 0 fully saturated rings. The zero-order valence-corrected chi connectivity index (χ0v) is 5.46. The maximum absolute atomic E-state index is 10.7. The highest BCUT2D eigenvalue weighted by Crippen LogP contribution is 1.92. The molecule has 0 spiro atoms. The van der Waals surface area contributed by atoms with Crippen molar-refractivity contribution in [2.45, 2.75) is 0 Å². The van der Waals surface area contributed by atoms with Crippen LogP contribution in [0.15, 0.2) is 11.0 Å².